The van der Waals surface area contributed by atoms with Crippen molar-refractivity contribution in [1.82, 2.24) is 9.88 Å². The number of pyridine rings is 1. The smallest absolute Gasteiger partial charge is 0.171 e. The number of hydrogen-bond acceptors (Lipinski definition) is 6. The van der Waals surface area contributed by atoms with Crippen LogP contribution in [-0.4, -0.2) is 62.4 Å². The van der Waals surface area contributed by atoms with E-state index in [1.54, 1.807) is 7.11 Å². The van der Waals surface area contributed by atoms with Crippen molar-refractivity contribution >= 4 is 16.6 Å². The molecule has 1 fully saturated rings. The molecule has 0 radical (unpaired) electrons. The zero-order valence-corrected chi connectivity index (χ0v) is 17.5. The first kappa shape index (κ1) is 19.0. The highest BCUT2D eigenvalue weighted by Gasteiger charge is 2.27. The quantitative estimate of drug-likeness (QED) is 0.662. The molecule has 0 saturated carbocycles. The Bertz CT molecular complexity index is 1050. The maximum absolute atomic E-state index is 6.40. The van der Waals surface area contributed by atoms with Crippen molar-refractivity contribution in [1.29, 1.82) is 0 Å². The Labute approximate surface area is 177 Å². The summed E-state index contributed by atoms with van der Waals surface area (Å²) in [4.78, 5) is 9.46. The van der Waals surface area contributed by atoms with Crippen LogP contribution in [0.15, 0.2) is 48.5 Å². The van der Waals surface area contributed by atoms with Crippen LogP contribution in [0, 0.1) is 6.92 Å². The van der Waals surface area contributed by atoms with E-state index in [4.69, 9.17) is 14.2 Å². The lowest BCUT2D eigenvalue weighted by atomic mass is 10.1. The van der Waals surface area contributed by atoms with E-state index in [1.165, 1.54) is 5.69 Å². The Balaban J connectivity index is 1.24. The van der Waals surface area contributed by atoms with Gasteiger partial charge in [-0.2, -0.15) is 0 Å². The van der Waals surface area contributed by atoms with E-state index in [2.05, 4.69) is 33.0 Å². The summed E-state index contributed by atoms with van der Waals surface area (Å²) in [6.07, 6.45) is 0.0159. The zero-order chi connectivity index (χ0) is 20.5. The van der Waals surface area contributed by atoms with Crippen molar-refractivity contribution in [3.05, 3.63) is 54.2 Å². The number of nitrogens with zero attached hydrogens (tertiary/aromatic N) is 3. The second kappa shape index (κ2) is 8.03. The Morgan fingerprint density at radius 2 is 1.87 bits per heavy atom. The van der Waals surface area contributed by atoms with Crippen LogP contribution in [0.3, 0.4) is 0 Å². The summed E-state index contributed by atoms with van der Waals surface area (Å²) in [5.41, 5.74) is 3.12. The molecule has 2 aliphatic rings. The van der Waals surface area contributed by atoms with Gasteiger partial charge in [0.1, 0.15) is 18.5 Å². The number of anilines is 1. The molecule has 6 heteroatoms. The van der Waals surface area contributed by atoms with Crippen LogP contribution in [0.5, 0.6) is 17.2 Å². The summed E-state index contributed by atoms with van der Waals surface area (Å²) in [6, 6.07) is 16.3. The number of piperazine rings is 1. The van der Waals surface area contributed by atoms with Gasteiger partial charge in [0.2, 0.25) is 0 Å². The molecular weight excluding hydrogens is 378 g/mol. The van der Waals surface area contributed by atoms with Crippen LogP contribution in [0.25, 0.3) is 10.9 Å². The summed E-state index contributed by atoms with van der Waals surface area (Å²) >= 11 is 0. The molecule has 0 N–H and O–H groups in total. The van der Waals surface area contributed by atoms with Gasteiger partial charge in [0.15, 0.2) is 11.5 Å². The fourth-order valence-electron chi connectivity index (χ4n) is 4.32. The number of hydrogen-bond donors (Lipinski definition) is 0. The van der Waals surface area contributed by atoms with Gasteiger partial charge >= 0.3 is 0 Å². The van der Waals surface area contributed by atoms with E-state index in [-0.39, 0.29) is 6.10 Å². The SMILES string of the molecule is COc1ccccc1N1CCN(CC2COc3ccc4nc(C)ccc4c3O2)CC1. The average Bonchev–Trinajstić information content (AvgIpc) is 2.79. The minimum absolute atomic E-state index is 0.0159. The Morgan fingerprint density at radius 1 is 1.03 bits per heavy atom. The minimum Gasteiger partial charge on any atom is -0.495 e. The number of benzene rings is 2. The molecular formula is C24H27N3O3. The number of fused-ring (bicyclic) bond motifs is 3. The predicted molar refractivity (Wildman–Crippen MR) is 118 cm³/mol. The molecule has 0 bridgehead atoms. The molecule has 3 heterocycles. The van der Waals surface area contributed by atoms with E-state index in [1.807, 2.05) is 37.3 Å². The van der Waals surface area contributed by atoms with Crippen LogP contribution in [0.1, 0.15) is 5.69 Å². The third-order valence-electron chi connectivity index (χ3n) is 5.89. The van der Waals surface area contributed by atoms with Crippen LogP contribution >= 0.6 is 0 Å². The number of ether oxygens (including phenoxy) is 3. The molecule has 0 aliphatic carbocycles. The molecule has 156 valence electrons. The molecule has 0 amide bonds. The van der Waals surface area contributed by atoms with Crippen molar-refractivity contribution in [2.24, 2.45) is 0 Å². The Kier molecular flexibility index (Phi) is 5.09. The highest BCUT2D eigenvalue weighted by atomic mass is 16.6. The first-order valence-corrected chi connectivity index (χ1v) is 10.5. The number of aryl methyl sites for hydroxylation is 1. The van der Waals surface area contributed by atoms with E-state index in [0.29, 0.717) is 6.61 Å². The average molecular weight is 405 g/mol. The second-order valence-corrected chi connectivity index (χ2v) is 7.92. The van der Waals surface area contributed by atoms with Crippen molar-refractivity contribution < 1.29 is 14.2 Å². The van der Waals surface area contributed by atoms with Crippen molar-refractivity contribution in [2.45, 2.75) is 13.0 Å². The predicted octanol–water partition coefficient (Wildman–Crippen LogP) is 3.51. The third kappa shape index (κ3) is 3.63. The highest BCUT2D eigenvalue weighted by molar-refractivity contribution is 5.88. The first-order chi connectivity index (χ1) is 14.7. The van der Waals surface area contributed by atoms with Gasteiger partial charge in [-0.25, -0.2) is 0 Å². The summed E-state index contributed by atoms with van der Waals surface area (Å²) < 4.78 is 18.0. The molecule has 1 saturated heterocycles. The Morgan fingerprint density at radius 3 is 2.70 bits per heavy atom. The minimum atomic E-state index is 0.0159. The normalized spacial score (nSPS) is 19.1. The molecule has 1 aromatic heterocycles. The molecule has 2 aliphatic heterocycles. The molecule has 3 aromatic rings. The zero-order valence-electron chi connectivity index (χ0n) is 17.5. The molecule has 0 spiro atoms. The van der Waals surface area contributed by atoms with Crippen molar-refractivity contribution in [2.75, 3.05) is 51.3 Å². The van der Waals surface area contributed by atoms with Gasteiger partial charge in [0, 0.05) is 43.8 Å². The van der Waals surface area contributed by atoms with E-state index in [0.717, 1.165) is 66.6 Å². The monoisotopic (exact) mass is 405 g/mol. The largest absolute Gasteiger partial charge is 0.495 e. The maximum Gasteiger partial charge on any atom is 0.171 e. The first-order valence-electron chi connectivity index (χ1n) is 10.5. The number of methoxy groups -OCH3 is 1. The van der Waals surface area contributed by atoms with Crippen molar-refractivity contribution in [3.63, 3.8) is 0 Å². The second-order valence-electron chi connectivity index (χ2n) is 7.92. The molecule has 1 atom stereocenters. The number of aromatic nitrogens is 1. The summed E-state index contributed by atoms with van der Waals surface area (Å²) in [7, 11) is 1.73. The highest BCUT2D eigenvalue weighted by Crippen LogP contribution is 2.38. The summed E-state index contributed by atoms with van der Waals surface area (Å²) in [5, 5.41) is 1.02. The van der Waals surface area contributed by atoms with Crippen LogP contribution in [0.4, 0.5) is 5.69 Å². The molecule has 30 heavy (non-hydrogen) atoms. The van der Waals surface area contributed by atoms with E-state index in [9.17, 15) is 0 Å². The summed E-state index contributed by atoms with van der Waals surface area (Å²) in [6.45, 7) is 7.35. The van der Waals surface area contributed by atoms with Gasteiger partial charge in [-0.05, 0) is 43.3 Å². The van der Waals surface area contributed by atoms with Gasteiger partial charge in [0.25, 0.3) is 0 Å². The van der Waals surface area contributed by atoms with E-state index < -0.39 is 0 Å². The van der Waals surface area contributed by atoms with Gasteiger partial charge < -0.3 is 19.1 Å². The molecule has 2 aromatic carbocycles. The summed E-state index contributed by atoms with van der Waals surface area (Å²) in [5.74, 6) is 2.57. The van der Waals surface area contributed by atoms with Crippen LogP contribution in [-0.2, 0) is 0 Å². The topological polar surface area (TPSA) is 47.1 Å². The van der Waals surface area contributed by atoms with Crippen molar-refractivity contribution in [3.8, 4) is 17.2 Å². The number of rotatable bonds is 4. The fourth-order valence-corrected chi connectivity index (χ4v) is 4.32. The third-order valence-corrected chi connectivity index (χ3v) is 5.89. The van der Waals surface area contributed by atoms with Crippen LogP contribution < -0.4 is 19.1 Å². The molecule has 5 rings (SSSR count). The van der Waals surface area contributed by atoms with Gasteiger partial charge in [-0.3, -0.25) is 9.88 Å². The Hall–Kier alpha value is -2.99. The lowest BCUT2D eigenvalue weighted by molar-refractivity contribution is 0.0587. The molecule has 1 unspecified atom stereocenters. The van der Waals surface area contributed by atoms with Gasteiger partial charge in [-0.15, -0.1) is 0 Å². The maximum atomic E-state index is 6.40. The molecule has 6 nitrogen and oxygen atoms in total. The van der Waals surface area contributed by atoms with Gasteiger partial charge in [-0.1, -0.05) is 12.1 Å². The lowest BCUT2D eigenvalue weighted by Crippen LogP contribution is -2.50. The van der Waals surface area contributed by atoms with Gasteiger partial charge in [0.05, 0.1) is 18.3 Å². The number of para-hydroxylation sites is 2. The fraction of sp³-hybridized carbons (Fsp3) is 0.375. The standard InChI is InChI=1S/C24H27N3O3/c1-17-7-8-19-20(25-17)9-10-23-24(19)30-18(16-29-23)15-26-11-13-27(14-12-26)21-5-3-4-6-22(21)28-2/h3-10,18H,11-16H2,1-2H3. The van der Waals surface area contributed by atoms with Crippen LogP contribution in [0.2, 0.25) is 0 Å². The van der Waals surface area contributed by atoms with E-state index >= 15 is 0 Å². The lowest BCUT2D eigenvalue weighted by Gasteiger charge is -2.38.